The van der Waals surface area contributed by atoms with Crippen LogP contribution >= 0.6 is 11.8 Å². The Hall–Kier alpha value is -2.67. The Morgan fingerprint density at radius 2 is 1.57 bits per heavy atom. The van der Waals surface area contributed by atoms with E-state index in [0.717, 1.165) is 22.8 Å². The van der Waals surface area contributed by atoms with Crippen LogP contribution in [0.5, 0.6) is 11.5 Å². The molecule has 6 nitrogen and oxygen atoms in total. The van der Waals surface area contributed by atoms with Crippen molar-refractivity contribution in [2.75, 3.05) is 45.1 Å². The molecule has 0 unspecified atom stereocenters. The first-order valence-corrected chi connectivity index (χ1v) is 11.3. The second kappa shape index (κ2) is 9.43. The van der Waals surface area contributed by atoms with Crippen molar-refractivity contribution in [3.05, 3.63) is 53.6 Å². The number of amides is 2. The van der Waals surface area contributed by atoms with Crippen LogP contribution in [-0.2, 0) is 11.2 Å². The molecule has 0 aliphatic carbocycles. The van der Waals surface area contributed by atoms with Gasteiger partial charge in [0.25, 0.3) is 5.91 Å². The zero-order chi connectivity index (χ0) is 20.9. The van der Waals surface area contributed by atoms with E-state index < -0.39 is 0 Å². The molecule has 0 N–H and O–H groups in total. The van der Waals surface area contributed by atoms with E-state index in [1.54, 1.807) is 0 Å². The van der Waals surface area contributed by atoms with E-state index >= 15 is 0 Å². The molecule has 2 amide bonds. The lowest BCUT2D eigenvalue weighted by Crippen LogP contribution is -2.51. The maximum Gasteiger partial charge on any atom is 0.253 e. The van der Waals surface area contributed by atoms with Gasteiger partial charge in [0.05, 0.1) is 5.75 Å². The van der Waals surface area contributed by atoms with Gasteiger partial charge in [0.15, 0.2) is 11.5 Å². The highest BCUT2D eigenvalue weighted by molar-refractivity contribution is 8.00. The number of rotatable bonds is 5. The third kappa shape index (κ3) is 4.73. The van der Waals surface area contributed by atoms with Crippen molar-refractivity contribution < 1.29 is 19.1 Å². The average molecular weight is 427 g/mol. The summed E-state index contributed by atoms with van der Waals surface area (Å²) in [7, 11) is 0. The summed E-state index contributed by atoms with van der Waals surface area (Å²) < 4.78 is 11.1. The molecule has 0 spiro atoms. The molecular formula is C23H26N2O4S. The summed E-state index contributed by atoms with van der Waals surface area (Å²) in [6.45, 7) is 5.48. The van der Waals surface area contributed by atoms with Gasteiger partial charge in [-0.15, -0.1) is 11.8 Å². The molecular weight excluding hydrogens is 400 g/mol. The van der Waals surface area contributed by atoms with E-state index in [1.807, 2.05) is 52.3 Å². The number of benzene rings is 2. The van der Waals surface area contributed by atoms with Crippen LogP contribution in [0.4, 0.5) is 0 Å². The van der Waals surface area contributed by atoms with Gasteiger partial charge in [-0.2, -0.15) is 0 Å². The molecule has 2 heterocycles. The lowest BCUT2D eigenvalue weighted by atomic mass is 10.1. The molecule has 30 heavy (non-hydrogen) atoms. The highest BCUT2D eigenvalue weighted by Gasteiger charge is 2.25. The van der Waals surface area contributed by atoms with Gasteiger partial charge in [0.1, 0.15) is 13.2 Å². The lowest BCUT2D eigenvalue weighted by molar-refractivity contribution is -0.129. The van der Waals surface area contributed by atoms with Crippen LogP contribution in [0.15, 0.2) is 47.4 Å². The number of carbonyl (C=O) groups is 2. The molecule has 7 heteroatoms. The lowest BCUT2D eigenvalue weighted by Gasteiger charge is -2.34. The Labute approximate surface area is 181 Å². The number of hydrogen-bond donors (Lipinski definition) is 0. The van der Waals surface area contributed by atoms with E-state index in [9.17, 15) is 9.59 Å². The first-order chi connectivity index (χ1) is 14.6. The van der Waals surface area contributed by atoms with E-state index in [0.29, 0.717) is 50.7 Å². The molecule has 4 rings (SSSR count). The van der Waals surface area contributed by atoms with Gasteiger partial charge in [-0.3, -0.25) is 9.59 Å². The van der Waals surface area contributed by atoms with E-state index in [1.165, 1.54) is 17.3 Å². The van der Waals surface area contributed by atoms with E-state index in [2.05, 4.69) is 6.92 Å². The molecule has 158 valence electrons. The summed E-state index contributed by atoms with van der Waals surface area (Å²) in [5.74, 6) is 1.98. The minimum absolute atomic E-state index is 0.0374. The molecule has 2 aromatic carbocycles. The standard InChI is InChI=1S/C23H26N2O4S/c1-2-17-3-5-18(6-4-17)23(27)25-11-9-24(10-12-25)22(26)16-30-19-7-8-20-21(15-19)29-14-13-28-20/h3-8,15H,2,9-14,16H2,1H3. The van der Waals surface area contributed by atoms with Gasteiger partial charge in [-0.1, -0.05) is 19.1 Å². The Morgan fingerprint density at radius 1 is 0.900 bits per heavy atom. The Morgan fingerprint density at radius 3 is 2.27 bits per heavy atom. The largest absolute Gasteiger partial charge is 0.486 e. The molecule has 0 aromatic heterocycles. The molecule has 0 radical (unpaired) electrons. The van der Waals surface area contributed by atoms with Crippen molar-refractivity contribution >= 4 is 23.6 Å². The molecule has 2 aromatic rings. The Bertz CT molecular complexity index is 908. The summed E-state index contributed by atoms with van der Waals surface area (Å²) in [4.78, 5) is 30.0. The average Bonchev–Trinajstić information content (AvgIpc) is 2.82. The molecule has 1 fully saturated rings. The molecule has 2 aliphatic heterocycles. The molecule has 0 bridgehead atoms. The van der Waals surface area contributed by atoms with Gasteiger partial charge < -0.3 is 19.3 Å². The third-order valence-corrected chi connectivity index (χ3v) is 6.38. The van der Waals surface area contributed by atoms with Crippen molar-refractivity contribution in [2.24, 2.45) is 0 Å². The fraction of sp³-hybridized carbons (Fsp3) is 0.391. The first-order valence-electron chi connectivity index (χ1n) is 10.3. The highest BCUT2D eigenvalue weighted by atomic mass is 32.2. The fourth-order valence-corrected chi connectivity index (χ4v) is 4.40. The number of carbonyl (C=O) groups excluding carboxylic acids is 2. The molecule has 2 aliphatic rings. The fourth-order valence-electron chi connectivity index (χ4n) is 3.57. The maximum atomic E-state index is 12.7. The van der Waals surface area contributed by atoms with Gasteiger partial charge in [-0.25, -0.2) is 0 Å². The summed E-state index contributed by atoms with van der Waals surface area (Å²) >= 11 is 1.50. The molecule has 0 saturated carbocycles. The summed E-state index contributed by atoms with van der Waals surface area (Å²) in [6, 6.07) is 13.5. The zero-order valence-corrected chi connectivity index (χ0v) is 18.0. The quantitative estimate of drug-likeness (QED) is 0.688. The van der Waals surface area contributed by atoms with Crippen LogP contribution in [0.25, 0.3) is 0 Å². The predicted molar refractivity (Wildman–Crippen MR) is 116 cm³/mol. The zero-order valence-electron chi connectivity index (χ0n) is 17.1. The van der Waals surface area contributed by atoms with Gasteiger partial charge in [0, 0.05) is 36.6 Å². The smallest absolute Gasteiger partial charge is 0.253 e. The van der Waals surface area contributed by atoms with Gasteiger partial charge >= 0.3 is 0 Å². The van der Waals surface area contributed by atoms with Crippen LogP contribution in [0, 0.1) is 0 Å². The summed E-state index contributed by atoms with van der Waals surface area (Å²) in [6.07, 6.45) is 0.958. The van der Waals surface area contributed by atoms with Crippen LogP contribution in [0.2, 0.25) is 0 Å². The number of aryl methyl sites for hydroxylation is 1. The third-order valence-electron chi connectivity index (χ3n) is 5.40. The summed E-state index contributed by atoms with van der Waals surface area (Å²) in [5.41, 5.74) is 1.93. The SMILES string of the molecule is CCc1ccc(C(=O)N2CCN(C(=O)CSc3ccc4c(c3)OCCO4)CC2)cc1. The second-order valence-corrected chi connectivity index (χ2v) is 8.37. The number of hydrogen-bond acceptors (Lipinski definition) is 5. The highest BCUT2D eigenvalue weighted by Crippen LogP contribution is 2.34. The first kappa shape index (κ1) is 20.6. The van der Waals surface area contributed by atoms with Crippen molar-refractivity contribution in [1.29, 1.82) is 0 Å². The topological polar surface area (TPSA) is 59.1 Å². The van der Waals surface area contributed by atoms with Gasteiger partial charge in [-0.05, 0) is 42.3 Å². The maximum absolute atomic E-state index is 12.7. The van der Waals surface area contributed by atoms with Crippen molar-refractivity contribution in [3.63, 3.8) is 0 Å². The normalized spacial score (nSPS) is 15.8. The van der Waals surface area contributed by atoms with Crippen LogP contribution in [-0.4, -0.2) is 66.8 Å². The monoisotopic (exact) mass is 426 g/mol. The minimum Gasteiger partial charge on any atom is -0.486 e. The van der Waals surface area contributed by atoms with Crippen molar-refractivity contribution in [2.45, 2.75) is 18.2 Å². The number of thioether (sulfide) groups is 1. The number of fused-ring (bicyclic) bond motifs is 1. The minimum atomic E-state index is 0.0374. The number of nitrogens with zero attached hydrogens (tertiary/aromatic N) is 2. The second-order valence-electron chi connectivity index (χ2n) is 7.32. The number of piperazine rings is 1. The Kier molecular flexibility index (Phi) is 6.47. The van der Waals surface area contributed by atoms with Crippen LogP contribution in [0.3, 0.4) is 0 Å². The summed E-state index contributed by atoms with van der Waals surface area (Å²) in [5, 5.41) is 0. The van der Waals surface area contributed by atoms with Crippen molar-refractivity contribution in [1.82, 2.24) is 9.80 Å². The van der Waals surface area contributed by atoms with Crippen LogP contribution < -0.4 is 9.47 Å². The Balaban J connectivity index is 1.26. The van der Waals surface area contributed by atoms with E-state index in [4.69, 9.17) is 9.47 Å². The molecule has 1 saturated heterocycles. The number of ether oxygens (including phenoxy) is 2. The van der Waals surface area contributed by atoms with Crippen LogP contribution in [0.1, 0.15) is 22.8 Å². The van der Waals surface area contributed by atoms with Crippen molar-refractivity contribution in [3.8, 4) is 11.5 Å². The molecule has 0 atom stereocenters. The van der Waals surface area contributed by atoms with Gasteiger partial charge in [0.2, 0.25) is 5.91 Å². The predicted octanol–water partition coefficient (Wildman–Crippen LogP) is 3.10. The van der Waals surface area contributed by atoms with E-state index in [-0.39, 0.29) is 11.8 Å².